The summed E-state index contributed by atoms with van der Waals surface area (Å²) in [7, 11) is 0. The molecule has 2 aliphatic rings. The van der Waals surface area contributed by atoms with Gasteiger partial charge >= 0.3 is 5.97 Å². The lowest BCUT2D eigenvalue weighted by Gasteiger charge is -2.22. The van der Waals surface area contributed by atoms with Gasteiger partial charge in [0.25, 0.3) is 0 Å². The molecule has 6 nitrogen and oxygen atoms in total. The Kier molecular flexibility index (Phi) is 6.29. The molecule has 0 bridgehead atoms. The van der Waals surface area contributed by atoms with Gasteiger partial charge in [-0.1, -0.05) is 6.08 Å². The molecule has 3 rings (SSSR count). The van der Waals surface area contributed by atoms with Gasteiger partial charge in [0.15, 0.2) is 0 Å². The molecule has 1 aromatic rings. The van der Waals surface area contributed by atoms with Crippen molar-refractivity contribution in [1.29, 1.82) is 0 Å². The largest absolute Gasteiger partial charge is 0.460 e. The van der Waals surface area contributed by atoms with Gasteiger partial charge in [-0.25, -0.2) is 4.79 Å². The molecule has 1 unspecified atom stereocenters. The third-order valence-corrected chi connectivity index (χ3v) is 4.74. The predicted octanol–water partition coefficient (Wildman–Crippen LogP) is 2.77. The molecule has 0 aliphatic heterocycles. The zero-order chi connectivity index (χ0) is 17.6. The normalized spacial score (nSPS) is 20.1. The fourth-order valence-corrected chi connectivity index (χ4v) is 3.65. The van der Waals surface area contributed by atoms with Crippen LogP contribution >= 0.6 is 0 Å². The van der Waals surface area contributed by atoms with E-state index in [0.29, 0.717) is 11.3 Å². The zero-order valence-corrected chi connectivity index (χ0v) is 14.5. The maximum absolute atomic E-state index is 12.7. The number of hydrogen-bond acceptors (Lipinski definition) is 6. The molecule has 0 fully saturated rings. The van der Waals surface area contributed by atoms with E-state index < -0.39 is 5.97 Å². The summed E-state index contributed by atoms with van der Waals surface area (Å²) in [6, 6.07) is 0. The van der Waals surface area contributed by atoms with E-state index in [0.717, 1.165) is 61.8 Å². The number of fused-ring (bicyclic) bond motifs is 1. The Morgan fingerprint density at radius 2 is 2.00 bits per heavy atom. The second-order valence-corrected chi connectivity index (χ2v) is 6.45. The molecule has 0 radical (unpaired) electrons. The van der Waals surface area contributed by atoms with Crippen LogP contribution in [0.25, 0.3) is 5.57 Å². The van der Waals surface area contributed by atoms with E-state index >= 15 is 0 Å². The number of allylic oxidation sites excluding steroid dienone is 2. The van der Waals surface area contributed by atoms with Gasteiger partial charge in [0, 0.05) is 12.0 Å². The second-order valence-electron chi connectivity index (χ2n) is 6.45. The molecular formula is C19H26O6. The third kappa shape index (κ3) is 3.97. The number of esters is 1. The van der Waals surface area contributed by atoms with Crippen LogP contribution in [0.4, 0.5) is 0 Å². The van der Waals surface area contributed by atoms with Crippen LogP contribution in [-0.2, 0) is 15.9 Å². The van der Waals surface area contributed by atoms with E-state index in [4.69, 9.17) is 24.1 Å². The number of hydrogen-bond donors (Lipinski definition) is 2. The number of carbonyl (C=O) groups excluding carboxylic acids is 1. The average Bonchev–Trinajstić information content (AvgIpc) is 3.05. The summed E-state index contributed by atoms with van der Waals surface area (Å²) in [5.74, 6) is 0.916. The van der Waals surface area contributed by atoms with Crippen LogP contribution in [0.1, 0.15) is 72.1 Å². The molecule has 1 atom stereocenters. The molecule has 0 aromatic carbocycles. The lowest BCUT2D eigenvalue weighted by atomic mass is 9.89. The van der Waals surface area contributed by atoms with Crippen molar-refractivity contribution in [3.63, 3.8) is 0 Å². The molecule has 0 saturated carbocycles. The summed E-state index contributed by atoms with van der Waals surface area (Å²) in [4.78, 5) is 12.7. The third-order valence-electron chi connectivity index (χ3n) is 4.74. The Hall–Kier alpha value is -1.63. The summed E-state index contributed by atoms with van der Waals surface area (Å²) >= 11 is 0. The predicted molar refractivity (Wildman–Crippen MR) is 91.2 cm³/mol. The Labute approximate surface area is 147 Å². The molecule has 0 spiro atoms. The Balaban J connectivity index is 2.01. The number of furan rings is 1. The summed E-state index contributed by atoms with van der Waals surface area (Å²) in [6.45, 7) is -0.0991. The van der Waals surface area contributed by atoms with Crippen LogP contribution in [0, 0.1) is 0 Å². The van der Waals surface area contributed by atoms with E-state index in [1.165, 1.54) is 0 Å². The van der Waals surface area contributed by atoms with Crippen LogP contribution < -0.4 is 0 Å². The van der Waals surface area contributed by atoms with Gasteiger partial charge in [-0.2, -0.15) is 0 Å². The van der Waals surface area contributed by atoms with Crippen molar-refractivity contribution in [3.8, 4) is 0 Å². The molecule has 6 heteroatoms. The minimum absolute atomic E-state index is 0.0422. The van der Waals surface area contributed by atoms with Gasteiger partial charge in [0.2, 0.25) is 0 Å². The average molecular weight is 350 g/mol. The van der Waals surface area contributed by atoms with Crippen molar-refractivity contribution in [2.75, 3.05) is 26.4 Å². The first kappa shape index (κ1) is 18.2. The molecular weight excluding hydrogens is 324 g/mol. The molecule has 138 valence electrons. The van der Waals surface area contributed by atoms with Crippen molar-refractivity contribution in [2.45, 2.75) is 51.0 Å². The summed E-state index contributed by atoms with van der Waals surface area (Å²) in [5, 5.41) is 18.0. The lowest BCUT2D eigenvalue weighted by molar-refractivity contribution is 0.0154. The molecule has 1 aromatic heterocycles. The Morgan fingerprint density at radius 1 is 1.16 bits per heavy atom. The first-order valence-electron chi connectivity index (χ1n) is 9.11. The molecule has 2 N–H and O–H groups in total. The minimum Gasteiger partial charge on any atom is -0.460 e. The van der Waals surface area contributed by atoms with Crippen molar-refractivity contribution in [3.05, 3.63) is 28.7 Å². The van der Waals surface area contributed by atoms with Crippen molar-refractivity contribution in [2.24, 2.45) is 0 Å². The van der Waals surface area contributed by atoms with E-state index in [2.05, 4.69) is 6.08 Å². The van der Waals surface area contributed by atoms with Gasteiger partial charge in [0.05, 0.1) is 25.9 Å². The molecule has 0 amide bonds. The van der Waals surface area contributed by atoms with Crippen molar-refractivity contribution < 1.29 is 28.9 Å². The highest BCUT2D eigenvalue weighted by Crippen LogP contribution is 2.42. The van der Waals surface area contributed by atoms with Gasteiger partial charge in [-0.15, -0.1) is 0 Å². The quantitative estimate of drug-likeness (QED) is 0.735. The minimum atomic E-state index is -0.472. The molecule has 0 saturated heterocycles. The van der Waals surface area contributed by atoms with Crippen molar-refractivity contribution in [1.82, 2.24) is 0 Å². The second kappa shape index (κ2) is 8.65. The standard InChI is InChI=1S/C19H26O6/c20-9-11-23-14-7-4-8-15-16(14)17(19(22)24-12-10-21)18(25-15)13-5-2-1-3-6-13/h5,14,20-21H,1-4,6-12H2. The van der Waals surface area contributed by atoms with E-state index in [1.807, 2.05) is 0 Å². The number of aliphatic hydroxyl groups is 2. The van der Waals surface area contributed by atoms with Gasteiger partial charge in [-0.05, 0) is 44.1 Å². The van der Waals surface area contributed by atoms with Crippen LogP contribution in [0.3, 0.4) is 0 Å². The van der Waals surface area contributed by atoms with Crippen molar-refractivity contribution >= 4 is 11.5 Å². The number of rotatable bonds is 7. The van der Waals surface area contributed by atoms with Crippen LogP contribution in [0.5, 0.6) is 0 Å². The topological polar surface area (TPSA) is 89.1 Å². The van der Waals surface area contributed by atoms with E-state index in [-0.39, 0.29) is 32.5 Å². The summed E-state index contributed by atoms with van der Waals surface area (Å²) in [6.07, 6.45) is 8.43. The Morgan fingerprint density at radius 3 is 2.72 bits per heavy atom. The highest BCUT2D eigenvalue weighted by atomic mass is 16.5. The monoisotopic (exact) mass is 350 g/mol. The van der Waals surface area contributed by atoms with Gasteiger partial charge < -0.3 is 24.1 Å². The number of aliphatic hydroxyl groups excluding tert-OH is 2. The highest BCUT2D eigenvalue weighted by Gasteiger charge is 2.35. The maximum atomic E-state index is 12.7. The molecule has 25 heavy (non-hydrogen) atoms. The van der Waals surface area contributed by atoms with Crippen LogP contribution in [-0.4, -0.2) is 42.6 Å². The SMILES string of the molecule is O=C(OCCO)c1c(C2=CCCCC2)oc2c1C(OCCO)CCC2. The first-order chi connectivity index (χ1) is 12.3. The van der Waals surface area contributed by atoms with E-state index in [9.17, 15) is 4.79 Å². The van der Waals surface area contributed by atoms with Gasteiger partial charge in [0.1, 0.15) is 23.7 Å². The van der Waals surface area contributed by atoms with Crippen LogP contribution in [0.2, 0.25) is 0 Å². The summed E-state index contributed by atoms with van der Waals surface area (Å²) in [5.41, 5.74) is 2.26. The zero-order valence-electron chi connectivity index (χ0n) is 14.5. The highest BCUT2D eigenvalue weighted by molar-refractivity contribution is 5.96. The maximum Gasteiger partial charge on any atom is 0.342 e. The number of carbonyl (C=O) groups is 1. The first-order valence-corrected chi connectivity index (χ1v) is 9.11. The fraction of sp³-hybridized carbons (Fsp3) is 0.632. The van der Waals surface area contributed by atoms with Gasteiger partial charge in [-0.3, -0.25) is 0 Å². The Bertz CT molecular complexity index is 630. The number of aryl methyl sites for hydroxylation is 1. The molecule has 1 heterocycles. The van der Waals surface area contributed by atoms with E-state index in [1.54, 1.807) is 0 Å². The van der Waals surface area contributed by atoms with Crippen LogP contribution in [0.15, 0.2) is 10.5 Å². The number of ether oxygens (including phenoxy) is 2. The summed E-state index contributed by atoms with van der Waals surface area (Å²) < 4.78 is 17.1. The lowest BCUT2D eigenvalue weighted by Crippen LogP contribution is -2.18. The smallest absolute Gasteiger partial charge is 0.342 e. The molecule has 2 aliphatic carbocycles. The fourth-order valence-electron chi connectivity index (χ4n) is 3.65.